The van der Waals surface area contributed by atoms with Gasteiger partial charge in [0.2, 0.25) is 5.91 Å². The number of ether oxygens (including phenoxy) is 4. The predicted molar refractivity (Wildman–Crippen MR) is 178 cm³/mol. The number of thiazole rings is 1. The van der Waals surface area contributed by atoms with Crippen molar-refractivity contribution in [2.24, 2.45) is 5.92 Å². The van der Waals surface area contributed by atoms with Crippen LogP contribution in [0.5, 0.6) is 11.5 Å². The average Bonchev–Trinajstić information content (AvgIpc) is 3.37. The smallest absolute Gasteiger partial charge is 0.332 e. The number of fused-ring (bicyclic) bond motifs is 3. The van der Waals surface area contributed by atoms with E-state index in [1.807, 2.05) is 42.7 Å². The van der Waals surface area contributed by atoms with Crippen LogP contribution in [0, 0.1) is 12.8 Å². The number of hydrogen-bond acceptors (Lipinski definition) is 10. The van der Waals surface area contributed by atoms with Crippen LogP contribution in [0.2, 0.25) is 0 Å². The number of nitrogens with zero attached hydrogens (tertiary/aromatic N) is 3. The van der Waals surface area contributed by atoms with E-state index in [0.29, 0.717) is 30.2 Å². The number of aromatic nitrogens is 2. The summed E-state index contributed by atoms with van der Waals surface area (Å²) in [5, 5.41) is 6.57. The second-order valence-electron chi connectivity index (χ2n) is 12.9. The van der Waals surface area contributed by atoms with Gasteiger partial charge in [0, 0.05) is 41.3 Å². The third kappa shape index (κ3) is 6.32. The summed E-state index contributed by atoms with van der Waals surface area (Å²) < 4.78 is 23.3. The van der Waals surface area contributed by atoms with Crippen LogP contribution < -0.4 is 14.8 Å². The third-order valence-electron chi connectivity index (χ3n) is 9.35. The van der Waals surface area contributed by atoms with Crippen LogP contribution in [-0.4, -0.2) is 83.8 Å². The first-order chi connectivity index (χ1) is 22.6. The van der Waals surface area contributed by atoms with Crippen LogP contribution in [0.15, 0.2) is 35.7 Å². The summed E-state index contributed by atoms with van der Waals surface area (Å²) in [6.07, 6.45) is 4.82. The monoisotopic (exact) mass is 662 g/mol. The molecule has 3 aliphatic rings. The maximum absolute atomic E-state index is 13.9. The largest absolute Gasteiger partial charge is 0.496 e. The lowest BCUT2D eigenvalue weighted by Gasteiger charge is -2.28. The number of benzene rings is 1. The van der Waals surface area contributed by atoms with Gasteiger partial charge in [0.1, 0.15) is 46.0 Å². The number of carbonyl (C=O) groups excluding carboxylic acids is 3. The highest BCUT2D eigenvalue weighted by molar-refractivity contribution is 7.13. The summed E-state index contributed by atoms with van der Waals surface area (Å²) in [4.78, 5) is 51.9. The fourth-order valence-electron chi connectivity index (χ4n) is 6.49. The molecule has 1 saturated carbocycles. The molecule has 3 aromatic rings. The molecule has 5 atom stereocenters. The predicted octanol–water partition coefficient (Wildman–Crippen LogP) is 4.95. The number of esters is 1. The van der Waals surface area contributed by atoms with Gasteiger partial charge in [-0.1, -0.05) is 26.0 Å². The Morgan fingerprint density at radius 3 is 2.72 bits per heavy atom. The zero-order chi connectivity index (χ0) is 33.5. The van der Waals surface area contributed by atoms with Crippen LogP contribution in [0.1, 0.15) is 63.6 Å². The maximum atomic E-state index is 13.9. The summed E-state index contributed by atoms with van der Waals surface area (Å²) in [5.74, 6) is 0.168. The molecule has 250 valence electrons. The molecule has 2 fully saturated rings. The highest BCUT2D eigenvalue weighted by Gasteiger charge is 2.62. The number of amides is 2. The number of carbonyl (C=O) groups is 3. The highest BCUT2D eigenvalue weighted by Crippen LogP contribution is 2.46. The quantitative estimate of drug-likeness (QED) is 0.288. The number of aryl methyl sites for hydroxylation is 1. The molecule has 2 aromatic heterocycles. The van der Waals surface area contributed by atoms with Crippen molar-refractivity contribution in [3.8, 4) is 22.2 Å². The lowest BCUT2D eigenvalue weighted by Crippen LogP contribution is -2.54. The number of hydrogen-bond donors (Lipinski definition) is 1. The van der Waals surface area contributed by atoms with Crippen LogP contribution in [0.4, 0.5) is 0 Å². The summed E-state index contributed by atoms with van der Waals surface area (Å²) >= 11 is 1.52. The fourth-order valence-corrected chi connectivity index (χ4v) is 7.43. The van der Waals surface area contributed by atoms with Crippen LogP contribution in [0.25, 0.3) is 21.6 Å². The van der Waals surface area contributed by atoms with Crippen LogP contribution >= 0.6 is 11.3 Å². The molecule has 0 spiro atoms. The Morgan fingerprint density at radius 1 is 1.19 bits per heavy atom. The van der Waals surface area contributed by atoms with Gasteiger partial charge >= 0.3 is 5.97 Å². The molecule has 0 bridgehead atoms. The minimum Gasteiger partial charge on any atom is -0.496 e. The molecule has 1 N–H and O–H groups in total. The average molecular weight is 663 g/mol. The van der Waals surface area contributed by atoms with Gasteiger partial charge in [-0.05, 0) is 51.2 Å². The number of nitrogens with one attached hydrogen (secondary N) is 1. The van der Waals surface area contributed by atoms with E-state index in [4.69, 9.17) is 28.9 Å². The molecule has 2 aliphatic heterocycles. The number of pyridine rings is 1. The van der Waals surface area contributed by atoms with E-state index in [2.05, 4.69) is 19.2 Å². The Bertz CT molecular complexity index is 1720. The van der Waals surface area contributed by atoms with Gasteiger partial charge in [0.25, 0.3) is 5.91 Å². The van der Waals surface area contributed by atoms with Crippen LogP contribution in [0.3, 0.4) is 0 Å². The number of methoxy groups -OCH3 is 2. The first kappa shape index (κ1) is 32.9. The molecule has 6 rings (SSSR count). The minimum absolute atomic E-state index is 0.169. The van der Waals surface area contributed by atoms with E-state index in [-0.39, 0.29) is 30.7 Å². The van der Waals surface area contributed by atoms with Crippen LogP contribution in [-0.2, 0) is 23.9 Å². The molecule has 0 radical (unpaired) electrons. The van der Waals surface area contributed by atoms with E-state index >= 15 is 0 Å². The van der Waals surface area contributed by atoms with Gasteiger partial charge in [0.05, 0.1) is 32.0 Å². The normalized spacial score (nSPS) is 26.4. The molecular weight excluding hydrogens is 620 g/mol. The lowest BCUT2D eigenvalue weighted by atomic mass is 10.1. The zero-order valence-electron chi connectivity index (χ0n) is 27.7. The molecule has 1 saturated heterocycles. The maximum Gasteiger partial charge on any atom is 0.332 e. The second-order valence-corrected chi connectivity index (χ2v) is 13.7. The van der Waals surface area contributed by atoms with E-state index in [1.165, 1.54) is 23.3 Å². The highest BCUT2D eigenvalue weighted by atomic mass is 32.1. The molecule has 2 amide bonds. The van der Waals surface area contributed by atoms with Gasteiger partial charge in [0.15, 0.2) is 0 Å². The Labute approximate surface area is 278 Å². The Hall–Kier alpha value is -4.03. The summed E-state index contributed by atoms with van der Waals surface area (Å²) in [6, 6.07) is 4.81. The summed E-state index contributed by atoms with van der Waals surface area (Å²) in [6.45, 7) is 8.43. The lowest BCUT2D eigenvalue weighted by molar-refractivity contribution is -0.150. The SMILES string of the molecule is COC(=O)C12CC1C=CCCCOC(C)C(=O)N1CC(Oc3cc(-c4nc(C(C)C)cs4)nc4c(C)c(OC)ccc34)CC1C(=O)N2. The second kappa shape index (κ2) is 13.2. The van der Waals surface area contributed by atoms with Gasteiger partial charge < -0.3 is 29.2 Å². The van der Waals surface area contributed by atoms with E-state index in [1.54, 1.807) is 14.0 Å². The zero-order valence-corrected chi connectivity index (χ0v) is 28.5. The first-order valence-corrected chi connectivity index (χ1v) is 17.0. The molecule has 1 aromatic carbocycles. The van der Waals surface area contributed by atoms with E-state index in [9.17, 15) is 14.4 Å². The van der Waals surface area contributed by atoms with E-state index < -0.39 is 35.7 Å². The Balaban J connectivity index is 1.35. The molecule has 11 nitrogen and oxygen atoms in total. The van der Waals surface area contributed by atoms with Crippen molar-refractivity contribution < 1.29 is 33.3 Å². The van der Waals surface area contributed by atoms with Crippen molar-refractivity contribution in [1.29, 1.82) is 0 Å². The van der Waals surface area contributed by atoms with Gasteiger partial charge in [-0.2, -0.15) is 0 Å². The number of rotatable bonds is 6. The van der Waals surface area contributed by atoms with Crippen molar-refractivity contribution >= 4 is 40.0 Å². The van der Waals surface area contributed by atoms with Gasteiger partial charge in [-0.25, -0.2) is 14.8 Å². The summed E-state index contributed by atoms with van der Waals surface area (Å²) in [7, 11) is 2.95. The van der Waals surface area contributed by atoms with Crippen molar-refractivity contribution in [3.05, 3.63) is 47.0 Å². The van der Waals surface area contributed by atoms with Crippen molar-refractivity contribution in [1.82, 2.24) is 20.2 Å². The Morgan fingerprint density at radius 2 is 2.00 bits per heavy atom. The topological polar surface area (TPSA) is 129 Å². The fraction of sp³-hybridized carbons (Fsp3) is 0.514. The minimum atomic E-state index is -1.14. The molecule has 12 heteroatoms. The molecule has 1 aliphatic carbocycles. The number of allylic oxidation sites excluding steroid dienone is 1. The first-order valence-electron chi connectivity index (χ1n) is 16.2. The van der Waals surface area contributed by atoms with Gasteiger partial charge in [-0.15, -0.1) is 11.3 Å². The Kier molecular flexibility index (Phi) is 9.26. The standard InChI is InChI=1S/C35H42N4O7S/c1-19(2)26-18-47-32(37-26)25-15-29(24-11-12-28(43-5)20(3)30(24)36-25)46-23-14-27-31(40)38-35(34(42)44-6)16-22(35)10-8-7-9-13-45-21(4)33(41)39(27)17-23/h8,10-12,15,18-19,21-23,27H,7,9,13-14,16-17H2,1-6H3,(H,38,40). The van der Waals surface area contributed by atoms with Crippen molar-refractivity contribution in [2.45, 2.75) is 83.1 Å². The molecule has 47 heavy (non-hydrogen) atoms. The van der Waals surface area contributed by atoms with Crippen molar-refractivity contribution in [2.75, 3.05) is 27.4 Å². The van der Waals surface area contributed by atoms with Gasteiger partial charge in [-0.3, -0.25) is 9.59 Å². The molecule has 5 unspecified atom stereocenters. The third-order valence-corrected chi connectivity index (χ3v) is 10.2. The summed E-state index contributed by atoms with van der Waals surface area (Å²) in [5.41, 5.74) is 2.10. The molecular formula is C35H42N4O7S. The van der Waals surface area contributed by atoms with E-state index in [0.717, 1.165) is 40.0 Å². The van der Waals surface area contributed by atoms with Crippen molar-refractivity contribution in [3.63, 3.8) is 0 Å². The molecule has 4 heterocycles.